The predicted octanol–water partition coefficient (Wildman–Crippen LogP) is 2.98. The van der Waals surface area contributed by atoms with E-state index in [1.165, 1.54) is 6.07 Å². The monoisotopic (exact) mass is 270 g/mol. The van der Waals surface area contributed by atoms with E-state index in [0.29, 0.717) is 6.61 Å². The summed E-state index contributed by atoms with van der Waals surface area (Å²) in [6.07, 6.45) is 2.22. The van der Waals surface area contributed by atoms with Gasteiger partial charge in [-0.2, -0.15) is 0 Å². The fourth-order valence-corrected chi connectivity index (χ4v) is 2.27. The van der Waals surface area contributed by atoms with Crippen molar-refractivity contribution in [3.63, 3.8) is 0 Å². The normalized spacial score (nSPS) is 23.0. The van der Waals surface area contributed by atoms with Crippen molar-refractivity contribution in [2.24, 2.45) is 0 Å². The number of carboxylic acids is 1. The number of halogens is 1. The molecule has 18 heavy (non-hydrogen) atoms. The second-order valence-corrected chi connectivity index (χ2v) is 4.78. The van der Waals surface area contributed by atoms with Gasteiger partial charge in [0.25, 0.3) is 0 Å². The van der Waals surface area contributed by atoms with E-state index in [4.69, 9.17) is 26.2 Å². The Morgan fingerprint density at radius 3 is 2.94 bits per heavy atom. The Balaban J connectivity index is 2.05. The minimum atomic E-state index is -1.09. The molecule has 1 saturated heterocycles. The van der Waals surface area contributed by atoms with Gasteiger partial charge in [-0.15, -0.1) is 0 Å². The lowest BCUT2D eigenvalue weighted by atomic mass is 10.2. The highest BCUT2D eigenvalue weighted by Gasteiger charge is 2.23. The SMILES string of the molecule is CC1CCC(COc2cccc(Cl)c2C(=O)O)O1. The summed E-state index contributed by atoms with van der Waals surface area (Å²) >= 11 is 5.85. The zero-order valence-electron chi connectivity index (χ0n) is 10.1. The van der Waals surface area contributed by atoms with Crippen molar-refractivity contribution in [2.75, 3.05) is 6.61 Å². The molecule has 5 heteroatoms. The topological polar surface area (TPSA) is 55.8 Å². The van der Waals surface area contributed by atoms with E-state index in [-0.39, 0.29) is 28.5 Å². The molecule has 1 N–H and O–H groups in total. The van der Waals surface area contributed by atoms with Crippen LogP contribution in [-0.4, -0.2) is 29.9 Å². The molecule has 1 aromatic carbocycles. The van der Waals surface area contributed by atoms with Crippen LogP contribution >= 0.6 is 11.6 Å². The molecular formula is C13H15ClO4. The molecular weight excluding hydrogens is 256 g/mol. The molecule has 1 aliphatic rings. The van der Waals surface area contributed by atoms with Gasteiger partial charge in [0.15, 0.2) is 0 Å². The summed E-state index contributed by atoms with van der Waals surface area (Å²) in [7, 11) is 0. The van der Waals surface area contributed by atoms with Gasteiger partial charge in [0.05, 0.1) is 17.2 Å². The highest BCUT2D eigenvalue weighted by molar-refractivity contribution is 6.33. The minimum absolute atomic E-state index is 0.00483. The summed E-state index contributed by atoms with van der Waals surface area (Å²) in [4.78, 5) is 11.1. The van der Waals surface area contributed by atoms with Gasteiger partial charge in [0, 0.05) is 0 Å². The molecule has 0 spiro atoms. The lowest BCUT2D eigenvalue weighted by Gasteiger charge is -2.14. The average Bonchev–Trinajstić information content (AvgIpc) is 2.72. The van der Waals surface area contributed by atoms with E-state index in [9.17, 15) is 4.79 Å². The van der Waals surface area contributed by atoms with Crippen LogP contribution in [0.25, 0.3) is 0 Å². The number of carboxylic acid groups (broad SMARTS) is 1. The molecule has 2 rings (SSSR count). The molecule has 2 unspecified atom stereocenters. The summed E-state index contributed by atoms with van der Waals surface area (Å²) < 4.78 is 11.1. The molecule has 0 aliphatic carbocycles. The van der Waals surface area contributed by atoms with Crippen molar-refractivity contribution in [3.05, 3.63) is 28.8 Å². The van der Waals surface area contributed by atoms with Crippen LogP contribution < -0.4 is 4.74 Å². The second kappa shape index (κ2) is 5.59. The second-order valence-electron chi connectivity index (χ2n) is 4.38. The van der Waals surface area contributed by atoms with Crippen molar-refractivity contribution in [3.8, 4) is 5.75 Å². The van der Waals surface area contributed by atoms with Crippen LogP contribution in [0.3, 0.4) is 0 Å². The Labute approximate surface area is 110 Å². The molecule has 0 aromatic heterocycles. The lowest BCUT2D eigenvalue weighted by Crippen LogP contribution is -2.18. The molecule has 4 nitrogen and oxygen atoms in total. The first-order chi connectivity index (χ1) is 8.58. The van der Waals surface area contributed by atoms with E-state index in [2.05, 4.69) is 0 Å². The van der Waals surface area contributed by atoms with E-state index in [1.807, 2.05) is 6.92 Å². The van der Waals surface area contributed by atoms with Crippen molar-refractivity contribution in [1.82, 2.24) is 0 Å². The lowest BCUT2D eigenvalue weighted by molar-refractivity contribution is 0.0259. The smallest absolute Gasteiger partial charge is 0.341 e. The first kappa shape index (κ1) is 13.2. The summed E-state index contributed by atoms with van der Waals surface area (Å²) in [5.41, 5.74) is 0.00483. The Morgan fingerprint density at radius 1 is 1.56 bits per heavy atom. The Hall–Kier alpha value is -1.26. The number of benzene rings is 1. The van der Waals surface area contributed by atoms with Gasteiger partial charge in [-0.25, -0.2) is 4.79 Å². The van der Waals surface area contributed by atoms with Gasteiger partial charge in [0.2, 0.25) is 0 Å². The van der Waals surface area contributed by atoms with Gasteiger partial charge in [-0.05, 0) is 31.9 Å². The third kappa shape index (κ3) is 2.94. The van der Waals surface area contributed by atoms with Crippen LogP contribution in [0, 0.1) is 0 Å². The fourth-order valence-electron chi connectivity index (χ4n) is 2.02. The maximum absolute atomic E-state index is 11.1. The predicted molar refractivity (Wildman–Crippen MR) is 67.5 cm³/mol. The van der Waals surface area contributed by atoms with E-state index >= 15 is 0 Å². The van der Waals surface area contributed by atoms with E-state index in [1.54, 1.807) is 12.1 Å². The number of hydrogen-bond donors (Lipinski definition) is 1. The van der Waals surface area contributed by atoms with Crippen LogP contribution in [0.1, 0.15) is 30.1 Å². The Bertz CT molecular complexity index is 447. The minimum Gasteiger partial charge on any atom is -0.490 e. The first-order valence-electron chi connectivity index (χ1n) is 5.88. The largest absolute Gasteiger partial charge is 0.490 e. The molecule has 1 aromatic rings. The van der Waals surface area contributed by atoms with Crippen LogP contribution in [0.15, 0.2) is 18.2 Å². The van der Waals surface area contributed by atoms with Crippen molar-refractivity contribution < 1.29 is 19.4 Å². The van der Waals surface area contributed by atoms with Crippen LogP contribution in [0.5, 0.6) is 5.75 Å². The molecule has 2 atom stereocenters. The van der Waals surface area contributed by atoms with Crippen molar-refractivity contribution in [1.29, 1.82) is 0 Å². The van der Waals surface area contributed by atoms with Crippen molar-refractivity contribution in [2.45, 2.75) is 32.0 Å². The third-order valence-electron chi connectivity index (χ3n) is 2.93. The number of ether oxygens (including phenoxy) is 2. The molecule has 0 bridgehead atoms. The zero-order valence-corrected chi connectivity index (χ0v) is 10.8. The maximum Gasteiger partial charge on any atom is 0.341 e. The van der Waals surface area contributed by atoms with Crippen LogP contribution in [-0.2, 0) is 4.74 Å². The van der Waals surface area contributed by atoms with Crippen LogP contribution in [0.4, 0.5) is 0 Å². The fraction of sp³-hybridized carbons (Fsp3) is 0.462. The molecule has 98 valence electrons. The molecule has 1 heterocycles. The Morgan fingerprint density at radius 2 is 2.33 bits per heavy atom. The maximum atomic E-state index is 11.1. The van der Waals surface area contributed by atoms with Gasteiger partial charge in [-0.3, -0.25) is 0 Å². The van der Waals surface area contributed by atoms with E-state index in [0.717, 1.165) is 12.8 Å². The standard InChI is InChI=1S/C13H15ClO4/c1-8-5-6-9(18-8)7-17-11-4-2-3-10(14)12(11)13(15)16/h2-4,8-9H,5-7H2,1H3,(H,15,16). The molecule has 0 saturated carbocycles. The van der Waals surface area contributed by atoms with Crippen LogP contribution in [0.2, 0.25) is 5.02 Å². The quantitative estimate of drug-likeness (QED) is 0.914. The number of hydrogen-bond acceptors (Lipinski definition) is 3. The molecule has 1 fully saturated rings. The molecule has 1 aliphatic heterocycles. The van der Waals surface area contributed by atoms with Gasteiger partial charge in [0.1, 0.15) is 17.9 Å². The number of aromatic carboxylic acids is 1. The van der Waals surface area contributed by atoms with E-state index < -0.39 is 5.97 Å². The first-order valence-corrected chi connectivity index (χ1v) is 6.25. The van der Waals surface area contributed by atoms with Crippen molar-refractivity contribution >= 4 is 17.6 Å². The molecule has 0 radical (unpaired) electrons. The average molecular weight is 271 g/mol. The summed E-state index contributed by atoms with van der Waals surface area (Å²) in [6, 6.07) is 4.81. The zero-order chi connectivity index (χ0) is 13.1. The summed E-state index contributed by atoms with van der Waals surface area (Å²) in [5, 5.41) is 9.27. The molecule has 0 amide bonds. The van der Waals surface area contributed by atoms with Gasteiger partial charge >= 0.3 is 5.97 Å². The van der Waals surface area contributed by atoms with Gasteiger partial charge < -0.3 is 14.6 Å². The van der Waals surface area contributed by atoms with Gasteiger partial charge in [-0.1, -0.05) is 17.7 Å². The number of rotatable bonds is 4. The summed E-state index contributed by atoms with van der Waals surface area (Å²) in [6.45, 7) is 2.37. The third-order valence-corrected chi connectivity index (χ3v) is 3.25. The summed E-state index contributed by atoms with van der Waals surface area (Å²) in [5.74, 6) is -0.797. The highest BCUT2D eigenvalue weighted by Crippen LogP contribution is 2.27. The number of carbonyl (C=O) groups is 1. The Kier molecular flexibility index (Phi) is 4.09. The highest BCUT2D eigenvalue weighted by atomic mass is 35.5.